The van der Waals surface area contributed by atoms with E-state index in [0.717, 1.165) is 57.3 Å². The maximum absolute atomic E-state index is 13.0. The van der Waals surface area contributed by atoms with Crippen molar-refractivity contribution in [2.24, 2.45) is 5.92 Å². The number of aromatic amines is 1. The second-order valence-corrected chi connectivity index (χ2v) is 9.24. The number of nitrogens with zero attached hydrogens (tertiary/aromatic N) is 3. The first-order chi connectivity index (χ1) is 15.6. The summed E-state index contributed by atoms with van der Waals surface area (Å²) in [7, 11) is 0. The number of fused-ring (bicyclic) bond motifs is 1. The molecule has 3 amide bonds. The van der Waals surface area contributed by atoms with Crippen LogP contribution in [0.1, 0.15) is 73.3 Å². The van der Waals surface area contributed by atoms with Gasteiger partial charge < -0.3 is 20.5 Å². The summed E-state index contributed by atoms with van der Waals surface area (Å²) >= 11 is 0. The Labute approximate surface area is 186 Å². The van der Waals surface area contributed by atoms with Crippen LogP contribution in [0, 0.1) is 5.92 Å². The molecule has 9 nitrogen and oxygen atoms in total. The van der Waals surface area contributed by atoms with Crippen LogP contribution >= 0.6 is 0 Å². The molecule has 9 heteroatoms. The van der Waals surface area contributed by atoms with Crippen LogP contribution in [0.25, 0.3) is 11.2 Å². The predicted molar refractivity (Wildman–Crippen MR) is 118 cm³/mol. The lowest BCUT2D eigenvalue weighted by Gasteiger charge is -2.27. The summed E-state index contributed by atoms with van der Waals surface area (Å²) in [5, 5.41) is 5.76. The van der Waals surface area contributed by atoms with E-state index in [-0.39, 0.29) is 30.2 Å². The fourth-order valence-electron chi connectivity index (χ4n) is 4.40. The molecule has 0 spiro atoms. The lowest BCUT2D eigenvalue weighted by Crippen LogP contribution is -2.49. The second-order valence-electron chi connectivity index (χ2n) is 9.24. The molecule has 3 heterocycles. The van der Waals surface area contributed by atoms with Crippen LogP contribution < -0.4 is 10.6 Å². The Morgan fingerprint density at radius 3 is 2.62 bits per heavy atom. The molecule has 0 radical (unpaired) electrons. The highest BCUT2D eigenvalue weighted by Crippen LogP contribution is 2.39. The van der Waals surface area contributed by atoms with Gasteiger partial charge in [0, 0.05) is 38.2 Å². The fourth-order valence-corrected chi connectivity index (χ4v) is 4.40. The van der Waals surface area contributed by atoms with E-state index in [4.69, 9.17) is 0 Å². The average Bonchev–Trinajstić information content (AvgIpc) is 3.74. The van der Waals surface area contributed by atoms with Gasteiger partial charge in [-0.3, -0.25) is 14.4 Å². The van der Waals surface area contributed by atoms with E-state index in [1.807, 2.05) is 4.90 Å². The Morgan fingerprint density at radius 1 is 1.12 bits per heavy atom. The maximum atomic E-state index is 13.0. The summed E-state index contributed by atoms with van der Waals surface area (Å²) in [5.41, 5.74) is 2.45. The van der Waals surface area contributed by atoms with Crippen molar-refractivity contribution in [2.45, 2.75) is 63.3 Å². The molecule has 1 saturated heterocycles. The molecule has 0 bridgehead atoms. The van der Waals surface area contributed by atoms with E-state index in [9.17, 15) is 14.4 Å². The van der Waals surface area contributed by atoms with Gasteiger partial charge in [-0.2, -0.15) is 0 Å². The molecule has 170 valence electrons. The van der Waals surface area contributed by atoms with Crippen molar-refractivity contribution in [1.29, 1.82) is 0 Å². The van der Waals surface area contributed by atoms with Crippen molar-refractivity contribution in [3.05, 3.63) is 23.7 Å². The minimum Gasteiger partial charge on any atom is -0.354 e. The molecule has 0 aromatic carbocycles. The molecular formula is C23H30N6O3. The lowest BCUT2D eigenvalue weighted by molar-refractivity contribution is -0.132. The molecule has 0 unspecified atom stereocenters. The van der Waals surface area contributed by atoms with Crippen LogP contribution in [0.5, 0.6) is 0 Å². The van der Waals surface area contributed by atoms with Gasteiger partial charge in [0.25, 0.3) is 5.91 Å². The van der Waals surface area contributed by atoms with Crippen molar-refractivity contribution in [1.82, 2.24) is 30.5 Å². The van der Waals surface area contributed by atoms with E-state index >= 15 is 0 Å². The molecule has 5 rings (SSSR count). The lowest BCUT2D eigenvalue weighted by atomic mass is 10.1. The molecule has 1 atom stereocenters. The van der Waals surface area contributed by atoms with Gasteiger partial charge in [0.2, 0.25) is 11.8 Å². The van der Waals surface area contributed by atoms with Gasteiger partial charge >= 0.3 is 0 Å². The molecule has 2 saturated carbocycles. The van der Waals surface area contributed by atoms with E-state index in [1.165, 1.54) is 6.42 Å². The molecule has 3 aliphatic rings. The van der Waals surface area contributed by atoms with Crippen molar-refractivity contribution in [2.75, 3.05) is 19.6 Å². The highest BCUT2D eigenvalue weighted by molar-refractivity contribution is 6.06. The number of carbonyl (C=O) groups is 3. The molecule has 2 aromatic rings. The summed E-state index contributed by atoms with van der Waals surface area (Å²) in [5.74, 6) is 0.109. The molecule has 32 heavy (non-hydrogen) atoms. The zero-order valence-corrected chi connectivity index (χ0v) is 18.2. The number of hydrogen-bond donors (Lipinski definition) is 3. The number of H-pyrrole nitrogens is 1. The SMILES string of the molecule is O=C(N[C@@H](C(=O)NCCC(=O)N1CCCCC1)C1CC1)c1c[nH]c2ncc(C3CC3)nc12. The Kier molecular flexibility index (Phi) is 5.80. The first kappa shape index (κ1) is 20.9. The third kappa shape index (κ3) is 4.61. The number of aromatic nitrogens is 3. The summed E-state index contributed by atoms with van der Waals surface area (Å²) in [6, 6.07) is -0.600. The molecule has 2 aliphatic carbocycles. The second kappa shape index (κ2) is 8.88. The number of amides is 3. The maximum Gasteiger partial charge on any atom is 0.255 e. The molecule has 3 N–H and O–H groups in total. The largest absolute Gasteiger partial charge is 0.354 e. The van der Waals surface area contributed by atoms with Crippen LogP contribution in [-0.4, -0.2) is 63.2 Å². The van der Waals surface area contributed by atoms with Crippen molar-refractivity contribution in [3.8, 4) is 0 Å². The third-order valence-corrected chi connectivity index (χ3v) is 6.65. The van der Waals surface area contributed by atoms with Gasteiger partial charge in [0.05, 0.1) is 17.5 Å². The van der Waals surface area contributed by atoms with Crippen LogP contribution in [-0.2, 0) is 9.59 Å². The fraction of sp³-hybridized carbons (Fsp3) is 0.609. The first-order valence-corrected chi connectivity index (χ1v) is 11.8. The van der Waals surface area contributed by atoms with E-state index in [0.29, 0.717) is 29.1 Å². The van der Waals surface area contributed by atoms with E-state index in [2.05, 4.69) is 25.6 Å². The van der Waals surface area contributed by atoms with Crippen LogP contribution in [0.15, 0.2) is 12.4 Å². The Hall–Kier alpha value is -2.97. The van der Waals surface area contributed by atoms with Gasteiger partial charge in [-0.25, -0.2) is 9.97 Å². The summed E-state index contributed by atoms with van der Waals surface area (Å²) < 4.78 is 0. The minimum absolute atomic E-state index is 0.0841. The number of likely N-dealkylation sites (tertiary alicyclic amines) is 1. The van der Waals surface area contributed by atoms with Crippen LogP contribution in [0.2, 0.25) is 0 Å². The molecular weight excluding hydrogens is 408 g/mol. The number of carbonyl (C=O) groups excluding carboxylic acids is 3. The van der Waals surface area contributed by atoms with Gasteiger partial charge in [-0.15, -0.1) is 0 Å². The van der Waals surface area contributed by atoms with Crippen molar-refractivity contribution >= 4 is 28.9 Å². The minimum atomic E-state index is -0.600. The van der Waals surface area contributed by atoms with E-state index < -0.39 is 6.04 Å². The highest BCUT2D eigenvalue weighted by atomic mass is 16.2. The van der Waals surface area contributed by atoms with Gasteiger partial charge in [-0.05, 0) is 50.9 Å². The first-order valence-electron chi connectivity index (χ1n) is 11.8. The number of piperidine rings is 1. The zero-order chi connectivity index (χ0) is 22.1. The van der Waals surface area contributed by atoms with E-state index in [1.54, 1.807) is 12.4 Å². The monoisotopic (exact) mass is 438 g/mol. The highest BCUT2D eigenvalue weighted by Gasteiger charge is 2.38. The summed E-state index contributed by atoms with van der Waals surface area (Å²) in [6.07, 6.45) is 11.0. The smallest absolute Gasteiger partial charge is 0.255 e. The zero-order valence-electron chi connectivity index (χ0n) is 18.2. The van der Waals surface area contributed by atoms with Gasteiger partial charge in [0.15, 0.2) is 5.65 Å². The number of nitrogens with one attached hydrogen (secondary N) is 3. The van der Waals surface area contributed by atoms with Crippen LogP contribution in [0.3, 0.4) is 0 Å². The Balaban J connectivity index is 1.19. The standard InChI is InChI=1S/C23H30N6O3/c30-18(29-10-2-1-3-11-29)8-9-24-23(32)19(15-6-7-15)28-22(31)16-12-25-21-20(16)27-17(13-26-21)14-4-5-14/h12-15,19H,1-11H2,(H,24,32)(H,25,26)(H,28,31)/t19-/m1/s1. The third-order valence-electron chi connectivity index (χ3n) is 6.65. The van der Waals surface area contributed by atoms with Gasteiger partial charge in [-0.1, -0.05) is 0 Å². The average molecular weight is 439 g/mol. The topological polar surface area (TPSA) is 120 Å². The molecule has 2 aromatic heterocycles. The number of rotatable bonds is 8. The van der Waals surface area contributed by atoms with Gasteiger partial charge in [0.1, 0.15) is 11.6 Å². The predicted octanol–water partition coefficient (Wildman–Crippen LogP) is 1.86. The van der Waals surface area contributed by atoms with Crippen molar-refractivity contribution < 1.29 is 14.4 Å². The number of hydrogen-bond acceptors (Lipinski definition) is 5. The Morgan fingerprint density at radius 2 is 1.91 bits per heavy atom. The summed E-state index contributed by atoms with van der Waals surface area (Å²) in [6.45, 7) is 1.91. The quantitative estimate of drug-likeness (QED) is 0.581. The van der Waals surface area contributed by atoms with Crippen molar-refractivity contribution in [3.63, 3.8) is 0 Å². The Bertz CT molecular complexity index is 1020. The van der Waals surface area contributed by atoms with Crippen LogP contribution in [0.4, 0.5) is 0 Å². The molecule has 1 aliphatic heterocycles. The normalized spacial score (nSPS) is 19.6. The summed E-state index contributed by atoms with van der Waals surface area (Å²) in [4.78, 5) is 52.1. The molecule has 3 fully saturated rings.